The van der Waals surface area contributed by atoms with E-state index in [1.54, 1.807) is 0 Å². The summed E-state index contributed by atoms with van der Waals surface area (Å²) in [5.41, 5.74) is 2.97. The van der Waals surface area contributed by atoms with Crippen LogP contribution in [-0.4, -0.2) is 8.32 Å². The predicted molar refractivity (Wildman–Crippen MR) is 92.8 cm³/mol. The number of rotatable bonds is 4. The minimum Gasteiger partial charge on any atom is -0.543 e. The van der Waals surface area contributed by atoms with E-state index in [1.807, 2.05) is 19.1 Å². The van der Waals surface area contributed by atoms with Crippen LogP contribution in [0.2, 0.25) is 18.1 Å². The first-order valence-corrected chi connectivity index (χ1v) is 10.4. The van der Waals surface area contributed by atoms with Gasteiger partial charge < -0.3 is 4.43 Å². The summed E-state index contributed by atoms with van der Waals surface area (Å²) in [6.45, 7) is 15.2. The van der Waals surface area contributed by atoms with E-state index in [1.165, 1.54) is 0 Å². The largest absolute Gasteiger partial charge is 0.543 e. The molecular weight excluding hydrogens is 274 g/mol. The first-order chi connectivity index (χ1) is 9.62. The van der Waals surface area contributed by atoms with Gasteiger partial charge in [0, 0.05) is 5.57 Å². The summed E-state index contributed by atoms with van der Waals surface area (Å²) in [6.07, 6.45) is 0.850. The SMILES string of the molecule is CC/C(=C(/C)C#N)c1cccc(O[Si](C)(C)C(C)(C)C)c1. The van der Waals surface area contributed by atoms with E-state index in [-0.39, 0.29) is 5.04 Å². The molecule has 0 aliphatic heterocycles. The molecular formula is C18H27NOSi. The molecule has 0 N–H and O–H groups in total. The molecule has 2 nitrogen and oxygen atoms in total. The lowest BCUT2D eigenvalue weighted by atomic mass is 9.99. The highest BCUT2D eigenvalue weighted by Gasteiger charge is 2.38. The summed E-state index contributed by atoms with van der Waals surface area (Å²) < 4.78 is 6.35. The fraction of sp³-hybridized carbons (Fsp3) is 0.500. The van der Waals surface area contributed by atoms with Gasteiger partial charge in [0.15, 0.2) is 0 Å². The third kappa shape index (κ3) is 4.22. The normalized spacial score (nSPS) is 13.4. The lowest BCUT2D eigenvalue weighted by Crippen LogP contribution is -2.43. The van der Waals surface area contributed by atoms with Gasteiger partial charge in [-0.3, -0.25) is 0 Å². The highest BCUT2D eigenvalue weighted by atomic mass is 28.4. The maximum atomic E-state index is 9.13. The summed E-state index contributed by atoms with van der Waals surface area (Å²) >= 11 is 0. The van der Waals surface area contributed by atoms with E-state index in [9.17, 15) is 0 Å². The Labute approximate surface area is 130 Å². The second-order valence-electron chi connectivity index (χ2n) is 6.96. The van der Waals surface area contributed by atoms with Crippen LogP contribution in [0.15, 0.2) is 29.8 Å². The molecule has 1 rings (SSSR count). The molecule has 0 aliphatic carbocycles. The van der Waals surface area contributed by atoms with Crippen molar-refractivity contribution in [1.29, 1.82) is 5.26 Å². The molecule has 1 aromatic rings. The molecule has 0 spiro atoms. The molecule has 0 heterocycles. The van der Waals surface area contributed by atoms with Crippen molar-refractivity contribution in [2.75, 3.05) is 0 Å². The van der Waals surface area contributed by atoms with Crippen LogP contribution in [0, 0.1) is 11.3 Å². The van der Waals surface area contributed by atoms with Crippen LogP contribution in [0.5, 0.6) is 5.75 Å². The van der Waals surface area contributed by atoms with E-state index in [4.69, 9.17) is 9.69 Å². The molecule has 1 aromatic carbocycles. The van der Waals surface area contributed by atoms with E-state index in [0.29, 0.717) is 0 Å². The molecule has 114 valence electrons. The van der Waals surface area contributed by atoms with Crippen molar-refractivity contribution in [3.05, 3.63) is 35.4 Å². The third-order valence-electron chi connectivity index (χ3n) is 4.34. The second-order valence-corrected chi connectivity index (χ2v) is 11.7. The summed E-state index contributed by atoms with van der Waals surface area (Å²) in [6, 6.07) is 10.4. The van der Waals surface area contributed by atoms with Gasteiger partial charge in [0.25, 0.3) is 0 Å². The quantitative estimate of drug-likeness (QED) is 0.522. The van der Waals surface area contributed by atoms with Crippen LogP contribution in [0.25, 0.3) is 5.57 Å². The molecule has 0 atom stereocenters. The zero-order valence-corrected chi connectivity index (χ0v) is 15.4. The van der Waals surface area contributed by atoms with Crippen molar-refractivity contribution < 1.29 is 4.43 Å². The van der Waals surface area contributed by atoms with E-state index in [0.717, 1.165) is 28.9 Å². The molecule has 0 amide bonds. The zero-order valence-electron chi connectivity index (χ0n) is 14.4. The molecule has 21 heavy (non-hydrogen) atoms. The van der Waals surface area contributed by atoms with E-state index < -0.39 is 8.32 Å². The third-order valence-corrected chi connectivity index (χ3v) is 8.69. The molecule has 0 unspecified atom stereocenters. The lowest BCUT2D eigenvalue weighted by Gasteiger charge is -2.36. The Hall–Kier alpha value is -1.53. The number of hydrogen-bond donors (Lipinski definition) is 0. The molecule has 0 saturated heterocycles. The van der Waals surface area contributed by atoms with Crippen LogP contribution in [0.1, 0.15) is 46.6 Å². The average Bonchev–Trinajstić information content (AvgIpc) is 2.38. The van der Waals surface area contributed by atoms with Crippen LogP contribution in [0.3, 0.4) is 0 Å². The van der Waals surface area contributed by atoms with Gasteiger partial charge in [-0.2, -0.15) is 5.26 Å². The highest BCUT2D eigenvalue weighted by Crippen LogP contribution is 2.38. The van der Waals surface area contributed by atoms with Gasteiger partial charge in [-0.1, -0.05) is 39.8 Å². The number of benzene rings is 1. The molecule has 0 fully saturated rings. The van der Waals surface area contributed by atoms with Crippen LogP contribution < -0.4 is 4.43 Å². The van der Waals surface area contributed by atoms with Gasteiger partial charge in [-0.25, -0.2) is 0 Å². The number of hydrogen-bond acceptors (Lipinski definition) is 2. The van der Waals surface area contributed by atoms with Crippen molar-refractivity contribution in [3.63, 3.8) is 0 Å². The zero-order chi connectivity index (χ0) is 16.3. The Bertz CT molecular complexity index is 574. The van der Waals surface area contributed by atoms with E-state index in [2.05, 4.69) is 59.0 Å². The molecule has 0 radical (unpaired) electrons. The minimum absolute atomic E-state index is 0.176. The highest BCUT2D eigenvalue weighted by molar-refractivity contribution is 6.74. The molecule has 0 aliphatic rings. The number of nitriles is 1. The number of nitrogens with zero attached hydrogens (tertiary/aromatic N) is 1. The molecule has 0 saturated carbocycles. The monoisotopic (exact) mass is 301 g/mol. The maximum Gasteiger partial charge on any atom is 0.250 e. The van der Waals surface area contributed by atoms with Crippen molar-refractivity contribution in [2.24, 2.45) is 0 Å². The smallest absolute Gasteiger partial charge is 0.250 e. The van der Waals surface area contributed by atoms with Crippen molar-refractivity contribution >= 4 is 13.9 Å². The topological polar surface area (TPSA) is 33.0 Å². The summed E-state index contributed by atoms with van der Waals surface area (Å²) in [4.78, 5) is 0. The van der Waals surface area contributed by atoms with Gasteiger partial charge in [-0.05, 0) is 54.7 Å². The Morgan fingerprint density at radius 1 is 1.29 bits per heavy atom. The van der Waals surface area contributed by atoms with Crippen molar-refractivity contribution in [3.8, 4) is 11.8 Å². The summed E-state index contributed by atoms with van der Waals surface area (Å²) in [7, 11) is -1.83. The lowest BCUT2D eigenvalue weighted by molar-refractivity contribution is 0.492. The van der Waals surface area contributed by atoms with Crippen LogP contribution in [-0.2, 0) is 0 Å². The predicted octanol–water partition coefficient (Wildman–Crippen LogP) is 5.78. The van der Waals surface area contributed by atoms with Gasteiger partial charge >= 0.3 is 0 Å². The van der Waals surface area contributed by atoms with Gasteiger partial charge in [-0.15, -0.1) is 0 Å². The second kappa shape index (κ2) is 6.49. The minimum atomic E-state index is -1.83. The fourth-order valence-electron chi connectivity index (χ4n) is 1.95. The standard InChI is InChI=1S/C18H27NOSi/c1-8-17(14(2)13-19)15-10-9-11-16(12-15)20-21(6,7)18(3,4)5/h9-12H,8H2,1-7H3/b17-14+. The number of allylic oxidation sites excluding steroid dienone is 2. The van der Waals surface area contributed by atoms with Crippen molar-refractivity contribution in [1.82, 2.24) is 0 Å². The van der Waals surface area contributed by atoms with Gasteiger partial charge in [0.05, 0.1) is 6.07 Å². The van der Waals surface area contributed by atoms with Gasteiger partial charge in [0.1, 0.15) is 5.75 Å². The molecule has 0 aromatic heterocycles. The van der Waals surface area contributed by atoms with E-state index >= 15 is 0 Å². The fourth-order valence-corrected chi connectivity index (χ4v) is 2.97. The summed E-state index contributed by atoms with van der Waals surface area (Å²) in [5, 5.41) is 9.30. The Morgan fingerprint density at radius 2 is 1.90 bits per heavy atom. The first-order valence-electron chi connectivity index (χ1n) is 7.51. The average molecular weight is 302 g/mol. The first kappa shape index (κ1) is 17.5. The molecule has 0 bridgehead atoms. The maximum absolute atomic E-state index is 9.13. The Morgan fingerprint density at radius 3 is 2.38 bits per heavy atom. The van der Waals surface area contributed by atoms with Crippen LogP contribution >= 0.6 is 0 Å². The van der Waals surface area contributed by atoms with Crippen LogP contribution in [0.4, 0.5) is 0 Å². The van der Waals surface area contributed by atoms with Crippen molar-refractivity contribution in [2.45, 2.75) is 59.2 Å². The van der Waals surface area contributed by atoms with Gasteiger partial charge in [0.2, 0.25) is 8.32 Å². The Balaban J connectivity index is 3.17. The molecule has 3 heteroatoms. The Kier molecular flexibility index (Phi) is 5.41. The summed E-state index contributed by atoms with van der Waals surface area (Å²) in [5.74, 6) is 0.913.